The van der Waals surface area contributed by atoms with Gasteiger partial charge in [0.15, 0.2) is 11.5 Å². The predicted octanol–water partition coefficient (Wildman–Crippen LogP) is 4.34. The zero-order valence-electron chi connectivity index (χ0n) is 15.3. The van der Waals surface area contributed by atoms with E-state index in [1.165, 1.54) is 0 Å². The molecule has 0 radical (unpaired) electrons. The van der Waals surface area contributed by atoms with Gasteiger partial charge in [-0.25, -0.2) is 0 Å². The largest absolute Gasteiger partial charge is 0.494 e. The van der Waals surface area contributed by atoms with E-state index in [-0.39, 0.29) is 0 Å². The van der Waals surface area contributed by atoms with E-state index in [4.69, 9.17) is 14.2 Å². The fourth-order valence-corrected chi connectivity index (χ4v) is 2.43. The molecule has 0 spiro atoms. The lowest BCUT2D eigenvalue weighted by Crippen LogP contribution is -2.14. The summed E-state index contributed by atoms with van der Waals surface area (Å²) in [6.07, 6.45) is 0. The molecular formula is C21H27NO3. The third-order valence-corrected chi connectivity index (χ3v) is 3.62. The van der Waals surface area contributed by atoms with Crippen LogP contribution in [-0.2, 0) is 13.1 Å². The van der Waals surface area contributed by atoms with Gasteiger partial charge in [0.05, 0.1) is 13.7 Å². The summed E-state index contributed by atoms with van der Waals surface area (Å²) in [6.45, 7) is 10.4. The fourth-order valence-electron chi connectivity index (χ4n) is 2.43. The molecule has 2 rings (SSSR count). The molecule has 134 valence electrons. The van der Waals surface area contributed by atoms with Gasteiger partial charge in [-0.3, -0.25) is 0 Å². The number of benzene rings is 2. The minimum atomic E-state index is 0.481. The van der Waals surface area contributed by atoms with Crippen LogP contribution in [-0.4, -0.2) is 20.3 Å². The van der Waals surface area contributed by atoms with Gasteiger partial charge in [0.2, 0.25) is 0 Å². The highest BCUT2D eigenvalue weighted by atomic mass is 16.5. The summed E-state index contributed by atoms with van der Waals surface area (Å²) in [5.74, 6) is 2.39. The lowest BCUT2D eigenvalue weighted by atomic mass is 10.1. The highest BCUT2D eigenvalue weighted by molar-refractivity contribution is 5.43. The highest BCUT2D eigenvalue weighted by Gasteiger charge is 2.07. The monoisotopic (exact) mass is 341 g/mol. The molecule has 0 saturated carbocycles. The normalized spacial score (nSPS) is 10.4. The molecule has 0 unspecified atom stereocenters. The molecule has 0 saturated heterocycles. The van der Waals surface area contributed by atoms with E-state index < -0.39 is 0 Å². The number of ether oxygens (including phenoxy) is 3. The summed E-state index contributed by atoms with van der Waals surface area (Å²) in [5.41, 5.74) is 3.25. The second kappa shape index (κ2) is 9.74. The summed E-state index contributed by atoms with van der Waals surface area (Å²) < 4.78 is 16.8. The first-order chi connectivity index (χ1) is 12.1. The Kier molecular flexibility index (Phi) is 7.36. The Morgan fingerprint density at radius 2 is 1.80 bits per heavy atom. The Morgan fingerprint density at radius 1 is 1.00 bits per heavy atom. The second-order valence-corrected chi connectivity index (χ2v) is 5.88. The maximum Gasteiger partial charge on any atom is 0.161 e. The van der Waals surface area contributed by atoms with Crippen LogP contribution in [0.1, 0.15) is 25.0 Å². The molecule has 0 amide bonds. The average molecular weight is 341 g/mol. The molecule has 1 N–H and O–H groups in total. The Bertz CT molecular complexity index is 697. The van der Waals surface area contributed by atoms with Gasteiger partial charge in [0.25, 0.3) is 0 Å². The van der Waals surface area contributed by atoms with Crippen molar-refractivity contribution in [1.82, 2.24) is 5.32 Å². The molecule has 2 aromatic carbocycles. The molecule has 0 aliphatic heterocycles. The molecule has 0 bridgehead atoms. The molecule has 4 heteroatoms. The maximum absolute atomic E-state index is 5.77. The van der Waals surface area contributed by atoms with Crippen molar-refractivity contribution in [3.63, 3.8) is 0 Å². The summed E-state index contributed by atoms with van der Waals surface area (Å²) in [5, 5.41) is 3.45. The first-order valence-corrected chi connectivity index (χ1v) is 8.49. The van der Waals surface area contributed by atoms with E-state index in [9.17, 15) is 0 Å². The highest BCUT2D eigenvalue weighted by Crippen LogP contribution is 2.28. The van der Waals surface area contributed by atoms with Gasteiger partial charge in [0.1, 0.15) is 12.4 Å². The number of hydrogen-bond acceptors (Lipinski definition) is 4. The molecule has 2 aromatic rings. The van der Waals surface area contributed by atoms with Crippen molar-refractivity contribution in [1.29, 1.82) is 0 Å². The number of hydrogen-bond donors (Lipinski definition) is 1. The predicted molar refractivity (Wildman–Crippen MR) is 101 cm³/mol. The number of nitrogens with one attached hydrogen (secondary N) is 1. The molecule has 0 aliphatic rings. The van der Waals surface area contributed by atoms with Gasteiger partial charge < -0.3 is 19.5 Å². The van der Waals surface area contributed by atoms with Gasteiger partial charge in [-0.2, -0.15) is 0 Å². The van der Waals surface area contributed by atoms with Crippen molar-refractivity contribution < 1.29 is 14.2 Å². The van der Waals surface area contributed by atoms with Crippen LogP contribution in [0.4, 0.5) is 0 Å². The summed E-state index contributed by atoms with van der Waals surface area (Å²) in [7, 11) is 1.64. The zero-order valence-corrected chi connectivity index (χ0v) is 15.3. The summed E-state index contributed by atoms with van der Waals surface area (Å²) >= 11 is 0. The van der Waals surface area contributed by atoms with Gasteiger partial charge >= 0.3 is 0 Å². The van der Waals surface area contributed by atoms with Crippen LogP contribution < -0.4 is 19.5 Å². The van der Waals surface area contributed by atoms with Crippen LogP contribution in [0.5, 0.6) is 17.2 Å². The molecule has 25 heavy (non-hydrogen) atoms. The average Bonchev–Trinajstić information content (AvgIpc) is 2.61. The Labute approximate surface area is 150 Å². The van der Waals surface area contributed by atoms with E-state index in [0.717, 1.165) is 47.0 Å². The van der Waals surface area contributed by atoms with Crippen LogP contribution in [0.2, 0.25) is 0 Å². The Balaban J connectivity index is 1.98. The van der Waals surface area contributed by atoms with Crippen molar-refractivity contribution in [3.8, 4) is 17.2 Å². The number of methoxy groups -OCH3 is 1. The summed E-state index contributed by atoms with van der Waals surface area (Å²) in [4.78, 5) is 0. The van der Waals surface area contributed by atoms with E-state index in [2.05, 4.69) is 18.0 Å². The van der Waals surface area contributed by atoms with Gasteiger partial charge in [0, 0.05) is 18.7 Å². The number of rotatable bonds is 10. The Morgan fingerprint density at radius 3 is 2.52 bits per heavy atom. The lowest BCUT2D eigenvalue weighted by Gasteiger charge is -2.14. The third-order valence-electron chi connectivity index (χ3n) is 3.62. The van der Waals surface area contributed by atoms with E-state index in [1.54, 1.807) is 7.11 Å². The minimum Gasteiger partial charge on any atom is -0.494 e. The lowest BCUT2D eigenvalue weighted by molar-refractivity contribution is 0.319. The third kappa shape index (κ3) is 5.84. The van der Waals surface area contributed by atoms with Gasteiger partial charge in [-0.1, -0.05) is 30.8 Å². The van der Waals surface area contributed by atoms with Crippen molar-refractivity contribution in [2.75, 3.05) is 20.3 Å². The quantitative estimate of drug-likeness (QED) is 0.653. The van der Waals surface area contributed by atoms with Gasteiger partial charge in [-0.05, 0) is 43.2 Å². The van der Waals surface area contributed by atoms with E-state index in [1.807, 2.05) is 50.2 Å². The number of para-hydroxylation sites is 1. The molecule has 0 aromatic heterocycles. The van der Waals surface area contributed by atoms with Crippen LogP contribution in [0.3, 0.4) is 0 Å². The van der Waals surface area contributed by atoms with E-state index >= 15 is 0 Å². The van der Waals surface area contributed by atoms with E-state index in [0.29, 0.717) is 13.2 Å². The summed E-state index contributed by atoms with van der Waals surface area (Å²) in [6, 6.07) is 14.1. The minimum absolute atomic E-state index is 0.481. The first-order valence-electron chi connectivity index (χ1n) is 8.49. The van der Waals surface area contributed by atoms with Crippen LogP contribution in [0, 0.1) is 0 Å². The SMILES string of the molecule is C=C(C)COc1cc(CNCc2ccccc2OCC)ccc1OC. The first kappa shape index (κ1) is 18.9. The van der Waals surface area contributed by atoms with Crippen LogP contribution in [0.25, 0.3) is 0 Å². The molecule has 0 fully saturated rings. The smallest absolute Gasteiger partial charge is 0.161 e. The molecule has 0 heterocycles. The molecular weight excluding hydrogens is 314 g/mol. The second-order valence-electron chi connectivity index (χ2n) is 5.88. The maximum atomic E-state index is 5.77. The zero-order chi connectivity index (χ0) is 18.1. The van der Waals surface area contributed by atoms with Crippen molar-refractivity contribution in [2.45, 2.75) is 26.9 Å². The van der Waals surface area contributed by atoms with Crippen molar-refractivity contribution in [3.05, 3.63) is 65.7 Å². The van der Waals surface area contributed by atoms with Crippen LogP contribution in [0.15, 0.2) is 54.6 Å². The molecule has 0 aliphatic carbocycles. The van der Waals surface area contributed by atoms with Crippen LogP contribution >= 0.6 is 0 Å². The topological polar surface area (TPSA) is 39.7 Å². The molecule has 4 nitrogen and oxygen atoms in total. The van der Waals surface area contributed by atoms with Gasteiger partial charge in [-0.15, -0.1) is 0 Å². The Hall–Kier alpha value is -2.46. The fraction of sp³-hybridized carbons (Fsp3) is 0.333. The molecule has 0 atom stereocenters. The standard InChI is InChI=1S/C21H27NO3/c1-5-24-19-9-7-6-8-18(19)14-22-13-17-10-11-20(23-4)21(12-17)25-15-16(2)3/h6-12,22H,2,5,13-15H2,1,3-4H3. The van der Waals surface area contributed by atoms with Crippen molar-refractivity contribution >= 4 is 0 Å². The van der Waals surface area contributed by atoms with Crippen molar-refractivity contribution in [2.24, 2.45) is 0 Å².